The Kier molecular flexibility index (Phi) is 5.87. The van der Waals surface area contributed by atoms with E-state index in [0.29, 0.717) is 12.2 Å². The lowest BCUT2D eigenvalue weighted by Crippen LogP contribution is -2.45. The Hall–Kier alpha value is -2.14. The van der Waals surface area contributed by atoms with E-state index in [2.05, 4.69) is 29.0 Å². The van der Waals surface area contributed by atoms with Gasteiger partial charge in [-0.3, -0.25) is 9.78 Å². The van der Waals surface area contributed by atoms with Crippen molar-refractivity contribution in [3.63, 3.8) is 0 Å². The van der Waals surface area contributed by atoms with Crippen molar-refractivity contribution in [2.75, 3.05) is 19.6 Å². The predicted molar refractivity (Wildman–Crippen MR) is 99.5 cm³/mol. The van der Waals surface area contributed by atoms with Crippen LogP contribution in [0.4, 0.5) is 0 Å². The highest BCUT2D eigenvalue weighted by atomic mass is 16.2. The van der Waals surface area contributed by atoms with Crippen molar-refractivity contribution in [2.24, 2.45) is 5.92 Å². The lowest BCUT2D eigenvalue weighted by molar-refractivity contribution is 0.0911. The summed E-state index contributed by atoms with van der Waals surface area (Å²) < 4.78 is 1.99. The van der Waals surface area contributed by atoms with Crippen molar-refractivity contribution >= 4 is 5.91 Å². The number of amides is 1. The summed E-state index contributed by atoms with van der Waals surface area (Å²) in [4.78, 5) is 19.2. The Morgan fingerprint density at radius 1 is 1.36 bits per heavy atom. The maximum absolute atomic E-state index is 12.7. The van der Waals surface area contributed by atoms with Crippen molar-refractivity contribution in [1.29, 1.82) is 0 Å². The number of hydrogen-bond acceptors (Lipinski definition) is 3. The van der Waals surface area contributed by atoms with Crippen LogP contribution >= 0.6 is 0 Å². The molecule has 2 aromatic heterocycles. The highest BCUT2D eigenvalue weighted by Crippen LogP contribution is 2.15. The predicted octanol–water partition coefficient (Wildman–Crippen LogP) is 2.78. The van der Waals surface area contributed by atoms with Gasteiger partial charge in [0.15, 0.2) is 0 Å². The lowest BCUT2D eigenvalue weighted by atomic mass is 10.00. The van der Waals surface area contributed by atoms with E-state index in [-0.39, 0.29) is 11.9 Å². The normalized spacial score (nSPS) is 19.5. The molecule has 1 fully saturated rings. The maximum Gasteiger partial charge on any atom is 0.268 e. The van der Waals surface area contributed by atoms with E-state index in [9.17, 15) is 4.79 Å². The van der Waals surface area contributed by atoms with E-state index in [0.717, 1.165) is 31.1 Å². The third-order valence-electron chi connectivity index (χ3n) is 4.82. The van der Waals surface area contributed by atoms with E-state index >= 15 is 0 Å². The molecule has 3 rings (SSSR count). The number of nitrogens with zero attached hydrogens (tertiary/aromatic N) is 3. The average Bonchev–Trinajstić information content (AvgIpc) is 3.04. The van der Waals surface area contributed by atoms with Crippen molar-refractivity contribution in [3.05, 3.63) is 54.1 Å². The number of aromatic nitrogens is 2. The first-order valence-corrected chi connectivity index (χ1v) is 9.19. The molecule has 0 bridgehead atoms. The average molecular weight is 340 g/mol. The molecule has 0 unspecified atom stereocenters. The first-order valence-electron chi connectivity index (χ1n) is 9.19. The summed E-state index contributed by atoms with van der Waals surface area (Å²) in [6.07, 6.45) is 8.09. The Morgan fingerprint density at radius 3 is 2.92 bits per heavy atom. The van der Waals surface area contributed by atoms with Crippen LogP contribution in [0.15, 0.2) is 42.9 Å². The van der Waals surface area contributed by atoms with Crippen molar-refractivity contribution in [3.8, 4) is 0 Å². The molecule has 0 aromatic carbocycles. The van der Waals surface area contributed by atoms with Crippen LogP contribution in [0.3, 0.4) is 0 Å². The molecule has 0 radical (unpaired) electrons. The van der Waals surface area contributed by atoms with E-state index in [4.69, 9.17) is 0 Å². The van der Waals surface area contributed by atoms with Crippen LogP contribution in [-0.4, -0.2) is 46.0 Å². The topological polar surface area (TPSA) is 50.2 Å². The van der Waals surface area contributed by atoms with Crippen molar-refractivity contribution < 1.29 is 4.79 Å². The van der Waals surface area contributed by atoms with Crippen molar-refractivity contribution in [1.82, 2.24) is 19.8 Å². The summed E-state index contributed by atoms with van der Waals surface area (Å²) in [6.45, 7) is 8.27. The fourth-order valence-corrected chi connectivity index (χ4v) is 3.63. The number of pyridine rings is 1. The van der Waals surface area contributed by atoms with Crippen LogP contribution in [0.5, 0.6) is 0 Å². The summed E-state index contributed by atoms with van der Waals surface area (Å²) in [7, 11) is 0. The highest BCUT2D eigenvalue weighted by Gasteiger charge is 2.20. The molecular formula is C20H28N4O. The minimum Gasteiger partial charge on any atom is -0.347 e. The number of piperidine rings is 1. The van der Waals surface area contributed by atoms with E-state index < -0.39 is 0 Å². The summed E-state index contributed by atoms with van der Waals surface area (Å²) in [5.74, 6) is 0.755. The fraction of sp³-hybridized carbons (Fsp3) is 0.500. The third-order valence-corrected chi connectivity index (χ3v) is 4.82. The molecule has 0 spiro atoms. The summed E-state index contributed by atoms with van der Waals surface area (Å²) in [5, 5.41) is 3.16. The Labute approximate surface area is 150 Å². The molecule has 25 heavy (non-hydrogen) atoms. The van der Waals surface area contributed by atoms with Gasteiger partial charge in [0.2, 0.25) is 0 Å². The SMILES string of the molecule is C[C@H]1CCCN(C[C@H](C)NC(=O)c2cccn2Cc2ccncc2)C1. The molecule has 134 valence electrons. The van der Waals surface area contributed by atoms with Gasteiger partial charge in [0.25, 0.3) is 5.91 Å². The van der Waals surface area contributed by atoms with E-state index in [1.54, 1.807) is 12.4 Å². The van der Waals surface area contributed by atoms with E-state index in [1.807, 2.05) is 35.0 Å². The first kappa shape index (κ1) is 17.7. The quantitative estimate of drug-likeness (QED) is 0.880. The fourth-order valence-electron chi connectivity index (χ4n) is 3.63. The number of carbonyl (C=O) groups excluding carboxylic acids is 1. The van der Waals surface area contributed by atoms with Gasteiger partial charge in [0.05, 0.1) is 0 Å². The summed E-state index contributed by atoms with van der Waals surface area (Å²) in [5.41, 5.74) is 1.84. The Morgan fingerprint density at radius 2 is 2.16 bits per heavy atom. The Balaban J connectivity index is 1.57. The van der Waals surface area contributed by atoms with Crippen molar-refractivity contribution in [2.45, 2.75) is 39.3 Å². The first-order chi connectivity index (χ1) is 12.1. The van der Waals surface area contributed by atoms with Gasteiger partial charge in [-0.2, -0.15) is 0 Å². The second-order valence-electron chi connectivity index (χ2n) is 7.26. The zero-order valence-corrected chi connectivity index (χ0v) is 15.2. The minimum absolute atomic E-state index is 0.00314. The second kappa shape index (κ2) is 8.30. The standard InChI is InChI=1S/C20H28N4O/c1-16-5-3-11-23(13-16)14-17(2)22-20(25)19-6-4-12-24(19)15-18-7-9-21-10-8-18/h4,6-10,12,16-17H,3,5,11,13-15H2,1-2H3,(H,22,25)/t16-,17-/m0/s1. The number of carbonyl (C=O) groups is 1. The van der Waals surface area contributed by atoms with Crippen LogP contribution in [0.25, 0.3) is 0 Å². The molecule has 3 heterocycles. The van der Waals surface area contributed by atoms with Gasteiger partial charge in [-0.05, 0) is 62.1 Å². The monoisotopic (exact) mass is 340 g/mol. The van der Waals surface area contributed by atoms with Crippen LogP contribution in [0.1, 0.15) is 42.7 Å². The molecule has 2 aromatic rings. The Bertz CT molecular complexity index is 682. The highest BCUT2D eigenvalue weighted by molar-refractivity contribution is 5.93. The lowest BCUT2D eigenvalue weighted by Gasteiger charge is -2.32. The minimum atomic E-state index is -0.00314. The van der Waals surface area contributed by atoms with E-state index in [1.165, 1.54) is 12.8 Å². The van der Waals surface area contributed by atoms with Gasteiger partial charge in [0.1, 0.15) is 5.69 Å². The molecule has 2 atom stereocenters. The van der Waals surface area contributed by atoms with Gasteiger partial charge in [-0.15, -0.1) is 0 Å². The number of hydrogen-bond donors (Lipinski definition) is 1. The molecular weight excluding hydrogens is 312 g/mol. The molecule has 0 aliphatic carbocycles. The van der Waals surface area contributed by atoms with Gasteiger partial charge < -0.3 is 14.8 Å². The zero-order valence-electron chi connectivity index (χ0n) is 15.2. The van der Waals surface area contributed by atoms with Gasteiger partial charge >= 0.3 is 0 Å². The molecule has 5 heteroatoms. The second-order valence-corrected chi connectivity index (χ2v) is 7.26. The molecule has 5 nitrogen and oxygen atoms in total. The molecule has 1 amide bonds. The zero-order chi connectivity index (χ0) is 17.6. The largest absolute Gasteiger partial charge is 0.347 e. The van der Waals surface area contributed by atoms with Crippen LogP contribution in [-0.2, 0) is 6.54 Å². The van der Waals surface area contributed by atoms with Crippen LogP contribution in [0.2, 0.25) is 0 Å². The molecule has 1 saturated heterocycles. The van der Waals surface area contributed by atoms with Crippen LogP contribution in [0, 0.1) is 5.92 Å². The number of nitrogens with one attached hydrogen (secondary N) is 1. The smallest absolute Gasteiger partial charge is 0.268 e. The summed E-state index contributed by atoms with van der Waals surface area (Å²) >= 11 is 0. The van der Waals surface area contributed by atoms with Gasteiger partial charge in [0, 0.05) is 44.3 Å². The number of likely N-dealkylation sites (tertiary alicyclic amines) is 1. The molecule has 0 saturated carbocycles. The molecule has 1 N–H and O–H groups in total. The molecule has 1 aliphatic heterocycles. The van der Waals surface area contributed by atoms with Gasteiger partial charge in [-0.25, -0.2) is 0 Å². The number of rotatable bonds is 6. The summed E-state index contributed by atoms with van der Waals surface area (Å²) in [6, 6.07) is 7.89. The van der Waals surface area contributed by atoms with Gasteiger partial charge in [-0.1, -0.05) is 6.92 Å². The third kappa shape index (κ3) is 4.92. The maximum atomic E-state index is 12.7. The van der Waals surface area contributed by atoms with Crippen LogP contribution < -0.4 is 5.32 Å². The molecule has 1 aliphatic rings.